The van der Waals surface area contributed by atoms with Gasteiger partial charge in [-0.1, -0.05) is 18.2 Å². The van der Waals surface area contributed by atoms with Gasteiger partial charge in [-0.25, -0.2) is 4.79 Å². The quantitative estimate of drug-likeness (QED) is 0.300. The molecular formula is C29H25N3O6. The van der Waals surface area contributed by atoms with Crippen LogP contribution in [0.25, 0.3) is 0 Å². The molecule has 0 fully saturated rings. The highest BCUT2D eigenvalue weighted by atomic mass is 16.5. The van der Waals surface area contributed by atoms with Crippen molar-refractivity contribution in [3.05, 3.63) is 107 Å². The van der Waals surface area contributed by atoms with Gasteiger partial charge in [0.25, 0.3) is 5.91 Å². The number of para-hydroxylation sites is 1. The lowest BCUT2D eigenvalue weighted by Gasteiger charge is -2.19. The topological polar surface area (TPSA) is 118 Å². The maximum absolute atomic E-state index is 13.1. The average Bonchev–Trinajstić information content (AvgIpc) is 2.96. The van der Waals surface area contributed by atoms with Crippen molar-refractivity contribution in [3.63, 3.8) is 0 Å². The molecule has 9 nitrogen and oxygen atoms in total. The molecule has 3 aromatic carbocycles. The Morgan fingerprint density at radius 1 is 0.842 bits per heavy atom. The van der Waals surface area contributed by atoms with Gasteiger partial charge in [0.1, 0.15) is 17.2 Å². The minimum absolute atomic E-state index is 0.0321. The summed E-state index contributed by atoms with van der Waals surface area (Å²) in [5, 5.41) is 12.4. The van der Waals surface area contributed by atoms with Crippen LogP contribution < -0.4 is 19.7 Å². The van der Waals surface area contributed by atoms with Gasteiger partial charge in [0.05, 0.1) is 42.9 Å². The van der Waals surface area contributed by atoms with E-state index in [1.165, 1.54) is 38.5 Å². The molecule has 0 aliphatic heterocycles. The van der Waals surface area contributed by atoms with E-state index >= 15 is 0 Å². The highest BCUT2D eigenvalue weighted by Crippen LogP contribution is 2.27. The third-order valence-electron chi connectivity index (χ3n) is 5.92. The molecule has 1 aromatic heterocycles. The lowest BCUT2D eigenvalue weighted by molar-refractivity contribution is 0.0698. The number of benzene rings is 3. The Morgan fingerprint density at radius 2 is 1.61 bits per heavy atom. The van der Waals surface area contributed by atoms with Crippen LogP contribution in [0.3, 0.4) is 0 Å². The van der Waals surface area contributed by atoms with Crippen molar-refractivity contribution in [1.29, 1.82) is 0 Å². The highest BCUT2D eigenvalue weighted by molar-refractivity contribution is 6.12. The molecular weight excluding hydrogens is 486 g/mol. The maximum Gasteiger partial charge on any atom is 0.337 e. The van der Waals surface area contributed by atoms with Crippen LogP contribution in [0.5, 0.6) is 11.5 Å². The van der Waals surface area contributed by atoms with Crippen molar-refractivity contribution < 1.29 is 29.0 Å². The lowest BCUT2D eigenvalue weighted by atomic mass is 10.0. The number of hydrogen-bond donors (Lipinski definition) is 2. The molecule has 2 N–H and O–H groups in total. The third kappa shape index (κ3) is 5.46. The molecule has 0 saturated carbocycles. The van der Waals surface area contributed by atoms with E-state index in [4.69, 9.17) is 9.47 Å². The number of aromatic carboxylic acids is 1. The molecule has 0 aliphatic carbocycles. The van der Waals surface area contributed by atoms with Gasteiger partial charge in [0, 0.05) is 24.4 Å². The predicted molar refractivity (Wildman–Crippen MR) is 143 cm³/mol. The molecule has 0 radical (unpaired) electrons. The van der Waals surface area contributed by atoms with Crippen LogP contribution in [-0.2, 0) is 0 Å². The van der Waals surface area contributed by atoms with Gasteiger partial charge in [0.2, 0.25) is 5.78 Å². The van der Waals surface area contributed by atoms with Crippen molar-refractivity contribution in [1.82, 2.24) is 4.98 Å². The number of aromatic nitrogens is 1. The van der Waals surface area contributed by atoms with Crippen molar-refractivity contribution >= 4 is 34.7 Å². The van der Waals surface area contributed by atoms with E-state index in [2.05, 4.69) is 10.3 Å². The number of carbonyl (C=O) groups excluding carboxylic acids is 2. The number of pyridine rings is 1. The molecule has 0 aliphatic rings. The number of amides is 1. The summed E-state index contributed by atoms with van der Waals surface area (Å²) in [7, 11) is 4.79. The number of nitrogens with one attached hydrogen (secondary N) is 1. The fourth-order valence-corrected chi connectivity index (χ4v) is 3.81. The monoisotopic (exact) mass is 511 g/mol. The first-order valence-corrected chi connectivity index (χ1v) is 11.5. The van der Waals surface area contributed by atoms with Gasteiger partial charge in [-0.2, -0.15) is 0 Å². The van der Waals surface area contributed by atoms with E-state index in [9.17, 15) is 19.5 Å². The first-order chi connectivity index (χ1) is 18.3. The van der Waals surface area contributed by atoms with Crippen molar-refractivity contribution in [2.75, 3.05) is 31.5 Å². The second-order valence-corrected chi connectivity index (χ2v) is 8.21. The number of nitrogens with zero attached hydrogens (tertiary/aromatic N) is 2. The van der Waals surface area contributed by atoms with E-state index in [1.807, 2.05) is 42.3 Å². The maximum atomic E-state index is 13.1. The van der Waals surface area contributed by atoms with Gasteiger partial charge >= 0.3 is 5.97 Å². The smallest absolute Gasteiger partial charge is 0.337 e. The predicted octanol–water partition coefficient (Wildman–Crippen LogP) is 5.05. The summed E-state index contributed by atoms with van der Waals surface area (Å²) < 4.78 is 10.4. The van der Waals surface area contributed by atoms with E-state index in [0.717, 1.165) is 11.4 Å². The van der Waals surface area contributed by atoms with Crippen LogP contribution >= 0.6 is 0 Å². The third-order valence-corrected chi connectivity index (χ3v) is 5.92. The average molecular weight is 512 g/mol. The van der Waals surface area contributed by atoms with Crippen molar-refractivity contribution in [3.8, 4) is 11.5 Å². The van der Waals surface area contributed by atoms with Gasteiger partial charge in [0.15, 0.2) is 0 Å². The second-order valence-electron chi connectivity index (χ2n) is 8.21. The summed E-state index contributed by atoms with van der Waals surface area (Å²) in [6, 6.07) is 21.7. The number of methoxy groups -OCH3 is 2. The highest BCUT2D eigenvalue weighted by Gasteiger charge is 2.20. The first-order valence-electron chi connectivity index (χ1n) is 11.5. The van der Waals surface area contributed by atoms with Crippen LogP contribution in [-0.4, -0.2) is 49.0 Å². The first kappa shape index (κ1) is 25.9. The summed E-state index contributed by atoms with van der Waals surface area (Å²) in [5.41, 5.74) is 2.01. The summed E-state index contributed by atoms with van der Waals surface area (Å²) in [6.45, 7) is 0. The molecule has 38 heavy (non-hydrogen) atoms. The summed E-state index contributed by atoms with van der Waals surface area (Å²) in [5.74, 6) is -1.56. The molecule has 0 spiro atoms. The number of carbonyl (C=O) groups is 3. The van der Waals surface area contributed by atoms with Gasteiger partial charge in [-0.05, 0) is 54.6 Å². The minimum Gasteiger partial charge on any atom is -0.497 e. The largest absolute Gasteiger partial charge is 0.497 e. The molecule has 1 amide bonds. The van der Waals surface area contributed by atoms with E-state index in [1.54, 1.807) is 30.5 Å². The van der Waals surface area contributed by atoms with Crippen molar-refractivity contribution in [2.45, 2.75) is 0 Å². The van der Waals surface area contributed by atoms with Crippen LogP contribution in [0.4, 0.5) is 17.1 Å². The zero-order chi connectivity index (χ0) is 27.2. The second kappa shape index (κ2) is 11.3. The fourth-order valence-electron chi connectivity index (χ4n) is 3.81. The summed E-state index contributed by atoms with van der Waals surface area (Å²) >= 11 is 0. The Kier molecular flexibility index (Phi) is 7.67. The van der Waals surface area contributed by atoms with E-state index in [-0.39, 0.29) is 33.8 Å². The molecule has 1 heterocycles. The van der Waals surface area contributed by atoms with E-state index < -0.39 is 17.7 Å². The number of ketones is 1. The molecule has 9 heteroatoms. The molecule has 0 atom stereocenters. The van der Waals surface area contributed by atoms with Gasteiger partial charge in [-0.3, -0.25) is 14.6 Å². The molecule has 4 aromatic rings. The Hall–Kier alpha value is -5.18. The Labute approximate surface area is 219 Å². The van der Waals surface area contributed by atoms with Crippen LogP contribution in [0.15, 0.2) is 85.1 Å². The number of carboxylic acid groups (broad SMARTS) is 1. The molecule has 0 bridgehead atoms. The van der Waals surface area contributed by atoms with Gasteiger partial charge < -0.3 is 24.8 Å². The van der Waals surface area contributed by atoms with Crippen LogP contribution in [0, 0.1) is 0 Å². The minimum atomic E-state index is -1.30. The summed E-state index contributed by atoms with van der Waals surface area (Å²) in [4.78, 5) is 44.2. The van der Waals surface area contributed by atoms with Gasteiger partial charge in [-0.15, -0.1) is 0 Å². The number of carboxylic acids is 1. The zero-order valence-corrected chi connectivity index (χ0v) is 21.0. The zero-order valence-electron chi connectivity index (χ0n) is 21.0. The Morgan fingerprint density at radius 3 is 2.24 bits per heavy atom. The van der Waals surface area contributed by atoms with Crippen LogP contribution in [0.1, 0.15) is 36.8 Å². The molecule has 0 saturated heterocycles. The number of ether oxygens (including phenoxy) is 2. The van der Waals surface area contributed by atoms with E-state index in [0.29, 0.717) is 5.75 Å². The summed E-state index contributed by atoms with van der Waals surface area (Å²) in [6.07, 6.45) is 1.58. The Balaban J connectivity index is 1.56. The number of hydrogen-bond acceptors (Lipinski definition) is 7. The Bertz CT molecular complexity index is 1490. The number of rotatable bonds is 9. The lowest BCUT2D eigenvalue weighted by Crippen LogP contribution is -2.16. The molecule has 192 valence electrons. The normalized spacial score (nSPS) is 10.4. The molecule has 4 rings (SSSR count). The fraction of sp³-hybridized carbons (Fsp3) is 0.103. The molecule has 0 unspecified atom stereocenters. The standard InChI is InChI=1S/C29H25N3O6/c1-32(19-7-5-4-6-8-19)20-10-14-25(30-17-20)27(33)18-9-13-24(23(15-18)29(35)36)31-28(34)22-12-11-21(37-2)16-26(22)38-3/h4-17H,1-3H3,(H,31,34)(H,35,36). The SMILES string of the molecule is COc1ccc(C(=O)Nc2ccc(C(=O)c3ccc(N(C)c4ccccc4)cn3)cc2C(=O)O)c(OC)c1. The van der Waals surface area contributed by atoms with Crippen molar-refractivity contribution in [2.24, 2.45) is 0 Å². The van der Waals surface area contributed by atoms with Crippen LogP contribution in [0.2, 0.25) is 0 Å². The number of anilines is 3.